The molecule has 0 unspecified atom stereocenters. The van der Waals surface area contributed by atoms with Crippen LogP contribution in [0.3, 0.4) is 0 Å². The number of anilines is 1. The largest absolute Gasteiger partial charge is 0.484 e. The zero-order valence-corrected chi connectivity index (χ0v) is 14.0. The van der Waals surface area contributed by atoms with E-state index in [0.29, 0.717) is 17.0 Å². The van der Waals surface area contributed by atoms with Crippen LogP contribution in [0.4, 0.5) is 5.69 Å². The summed E-state index contributed by atoms with van der Waals surface area (Å²) in [6.45, 7) is 5.44. The van der Waals surface area contributed by atoms with Crippen LogP contribution in [0.25, 0.3) is 0 Å². The maximum atomic E-state index is 12.0. The molecule has 0 fully saturated rings. The lowest BCUT2D eigenvalue weighted by Gasteiger charge is -2.10. The number of ether oxygens (including phenoxy) is 2. The van der Waals surface area contributed by atoms with E-state index in [2.05, 4.69) is 5.32 Å². The van der Waals surface area contributed by atoms with Crippen molar-refractivity contribution < 1.29 is 19.1 Å². The van der Waals surface area contributed by atoms with Crippen molar-refractivity contribution in [3.63, 3.8) is 0 Å². The molecule has 0 saturated heterocycles. The average molecular weight is 327 g/mol. The molecular formula is C19H21NO4. The molecule has 5 heteroatoms. The van der Waals surface area contributed by atoms with E-state index in [9.17, 15) is 9.59 Å². The fourth-order valence-electron chi connectivity index (χ4n) is 1.99. The van der Waals surface area contributed by atoms with Gasteiger partial charge in [-0.15, -0.1) is 0 Å². The molecule has 0 spiro atoms. The van der Waals surface area contributed by atoms with E-state index in [0.717, 1.165) is 5.56 Å². The number of hydrogen-bond acceptors (Lipinski definition) is 4. The Morgan fingerprint density at radius 2 is 1.79 bits per heavy atom. The van der Waals surface area contributed by atoms with Crippen molar-refractivity contribution in [1.82, 2.24) is 0 Å². The molecular weight excluding hydrogens is 306 g/mol. The Morgan fingerprint density at radius 1 is 1.08 bits per heavy atom. The van der Waals surface area contributed by atoms with E-state index in [1.54, 1.807) is 38.1 Å². The Bertz CT molecular complexity index is 708. The molecule has 24 heavy (non-hydrogen) atoms. The third kappa shape index (κ3) is 5.43. The number of esters is 1. The lowest BCUT2D eigenvalue weighted by Crippen LogP contribution is -2.20. The second-order valence-electron chi connectivity index (χ2n) is 5.68. The predicted molar refractivity (Wildman–Crippen MR) is 92.3 cm³/mol. The van der Waals surface area contributed by atoms with Crippen LogP contribution in [0.1, 0.15) is 29.8 Å². The highest BCUT2D eigenvalue weighted by molar-refractivity contribution is 5.95. The molecule has 1 N–H and O–H groups in total. The fourth-order valence-corrected chi connectivity index (χ4v) is 1.99. The van der Waals surface area contributed by atoms with Gasteiger partial charge >= 0.3 is 5.97 Å². The first kappa shape index (κ1) is 17.5. The van der Waals surface area contributed by atoms with Crippen molar-refractivity contribution in [2.45, 2.75) is 26.9 Å². The van der Waals surface area contributed by atoms with Crippen molar-refractivity contribution in [2.24, 2.45) is 0 Å². The van der Waals surface area contributed by atoms with E-state index < -0.39 is 5.97 Å². The lowest BCUT2D eigenvalue weighted by atomic mass is 10.2. The van der Waals surface area contributed by atoms with Gasteiger partial charge in [0.15, 0.2) is 6.61 Å². The third-order valence-corrected chi connectivity index (χ3v) is 3.12. The molecule has 0 heterocycles. The van der Waals surface area contributed by atoms with E-state index in [1.165, 1.54) is 0 Å². The summed E-state index contributed by atoms with van der Waals surface area (Å²) >= 11 is 0. The summed E-state index contributed by atoms with van der Waals surface area (Å²) in [6.07, 6.45) is -0.196. The first-order valence-corrected chi connectivity index (χ1v) is 7.74. The van der Waals surface area contributed by atoms with Crippen LogP contribution in [0.2, 0.25) is 0 Å². The van der Waals surface area contributed by atoms with Gasteiger partial charge in [-0.2, -0.15) is 0 Å². The first-order valence-electron chi connectivity index (χ1n) is 7.74. The highest BCUT2D eigenvalue weighted by Gasteiger charge is 2.11. The molecule has 5 nitrogen and oxygen atoms in total. The van der Waals surface area contributed by atoms with Crippen LogP contribution in [0, 0.1) is 6.92 Å². The number of amides is 1. The Labute approximate surface area is 141 Å². The molecule has 0 bridgehead atoms. The molecule has 126 valence electrons. The van der Waals surface area contributed by atoms with Crippen LogP contribution in [0.15, 0.2) is 48.5 Å². The smallest absolute Gasteiger partial charge is 0.338 e. The summed E-state index contributed by atoms with van der Waals surface area (Å²) in [5.74, 6) is -0.0908. The number of benzene rings is 2. The van der Waals surface area contributed by atoms with Gasteiger partial charge in [0, 0.05) is 5.69 Å². The van der Waals surface area contributed by atoms with Crippen molar-refractivity contribution in [3.8, 4) is 5.75 Å². The van der Waals surface area contributed by atoms with Gasteiger partial charge in [0.2, 0.25) is 0 Å². The monoisotopic (exact) mass is 327 g/mol. The first-order chi connectivity index (χ1) is 11.4. The Balaban J connectivity index is 1.91. The normalized spacial score (nSPS) is 10.3. The van der Waals surface area contributed by atoms with Crippen molar-refractivity contribution in [3.05, 3.63) is 59.7 Å². The summed E-state index contributed by atoms with van der Waals surface area (Å²) in [4.78, 5) is 23.8. The number of carbonyl (C=O) groups excluding carboxylic acids is 2. The van der Waals surface area contributed by atoms with E-state index >= 15 is 0 Å². The Hall–Kier alpha value is -2.82. The van der Waals surface area contributed by atoms with Gasteiger partial charge in [-0.1, -0.05) is 23.8 Å². The van der Waals surface area contributed by atoms with Crippen LogP contribution < -0.4 is 10.1 Å². The lowest BCUT2D eigenvalue weighted by molar-refractivity contribution is -0.118. The maximum Gasteiger partial charge on any atom is 0.338 e. The van der Waals surface area contributed by atoms with Gasteiger partial charge in [0.1, 0.15) is 5.75 Å². The molecule has 2 aromatic carbocycles. The zero-order chi connectivity index (χ0) is 17.5. The van der Waals surface area contributed by atoms with Crippen LogP contribution >= 0.6 is 0 Å². The van der Waals surface area contributed by atoms with Gasteiger partial charge in [-0.3, -0.25) is 4.79 Å². The van der Waals surface area contributed by atoms with Gasteiger partial charge in [0.25, 0.3) is 5.91 Å². The van der Waals surface area contributed by atoms with Gasteiger partial charge in [0.05, 0.1) is 11.7 Å². The molecule has 2 rings (SSSR count). The Kier molecular flexibility index (Phi) is 5.95. The standard InChI is InChI=1S/C19H21NO4/c1-13(2)24-19(22)15-5-4-6-16(11-15)20-18(21)12-23-17-9-7-14(3)8-10-17/h4-11,13H,12H2,1-3H3,(H,20,21). The summed E-state index contributed by atoms with van der Waals surface area (Å²) in [6, 6.07) is 14.1. The number of aryl methyl sites for hydroxylation is 1. The highest BCUT2D eigenvalue weighted by Crippen LogP contribution is 2.14. The summed E-state index contributed by atoms with van der Waals surface area (Å²) < 4.78 is 10.6. The number of carbonyl (C=O) groups is 2. The van der Waals surface area contributed by atoms with Crippen molar-refractivity contribution in [1.29, 1.82) is 0 Å². The summed E-state index contributed by atoms with van der Waals surface area (Å²) in [5.41, 5.74) is 2.03. The number of rotatable bonds is 6. The average Bonchev–Trinajstić information content (AvgIpc) is 2.54. The van der Waals surface area contributed by atoms with Crippen LogP contribution in [-0.2, 0) is 9.53 Å². The molecule has 0 aliphatic rings. The molecule has 0 aliphatic carbocycles. The second kappa shape index (κ2) is 8.15. The SMILES string of the molecule is Cc1ccc(OCC(=O)Nc2cccc(C(=O)OC(C)C)c2)cc1. The summed E-state index contributed by atoms with van der Waals surface area (Å²) in [5, 5.41) is 2.70. The molecule has 0 atom stereocenters. The van der Waals surface area contributed by atoms with Gasteiger partial charge < -0.3 is 14.8 Å². The van der Waals surface area contributed by atoms with Gasteiger partial charge in [-0.25, -0.2) is 4.79 Å². The van der Waals surface area contributed by atoms with Gasteiger partial charge in [-0.05, 0) is 51.1 Å². The van der Waals surface area contributed by atoms with Crippen molar-refractivity contribution >= 4 is 17.6 Å². The molecule has 0 saturated carbocycles. The minimum absolute atomic E-state index is 0.107. The zero-order valence-electron chi connectivity index (χ0n) is 14.0. The minimum atomic E-state index is -0.419. The molecule has 0 radical (unpaired) electrons. The fraction of sp³-hybridized carbons (Fsp3) is 0.263. The predicted octanol–water partition coefficient (Wildman–Crippen LogP) is 3.58. The number of hydrogen-bond donors (Lipinski definition) is 1. The quantitative estimate of drug-likeness (QED) is 0.824. The van der Waals surface area contributed by atoms with E-state index in [4.69, 9.17) is 9.47 Å². The second-order valence-corrected chi connectivity index (χ2v) is 5.68. The summed E-state index contributed by atoms with van der Waals surface area (Å²) in [7, 11) is 0. The maximum absolute atomic E-state index is 12.0. The van der Waals surface area contributed by atoms with Crippen LogP contribution in [0.5, 0.6) is 5.75 Å². The Morgan fingerprint density at radius 3 is 2.46 bits per heavy atom. The topological polar surface area (TPSA) is 64.6 Å². The van der Waals surface area contributed by atoms with Crippen LogP contribution in [-0.4, -0.2) is 24.6 Å². The van der Waals surface area contributed by atoms with Crippen molar-refractivity contribution in [2.75, 3.05) is 11.9 Å². The third-order valence-electron chi connectivity index (χ3n) is 3.12. The molecule has 0 aliphatic heterocycles. The van der Waals surface area contributed by atoms with E-state index in [-0.39, 0.29) is 18.6 Å². The van der Waals surface area contributed by atoms with E-state index in [1.807, 2.05) is 31.2 Å². The minimum Gasteiger partial charge on any atom is -0.484 e. The highest BCUT2D eigenvalue weighted by atomic mass is 16.5. The number of nitrogens with one attached hydrogen (secondary N) is 1. The molecule has 0 aromatic heterocycles. The molecule has 1 amide bonds. The molecule has 2 aromatic rings.